The van der Waals surface area contributed by atoms with E-state index in [0.29, 0.717) is 19.0 Å². The molecule has 0 saturated carbocycles. The second kappa shape index (κ2) is 24.6. The van der Waals surface area contributed by atoms with E-state index in [1.807, 2.05) is 12.1 Å². The van der Waals surface area contributed by atoms with Crippen molar-refractivity contribution in [2.75, 3.05) is 13.2 Å². The van der Waals surface area contributed by atoms with Crippen LogP contribution in [-0.2, 0) is 22.7 Å². The van der Waals surface area contributed by atoms with Gasteiger partial charge in [0.05, 0.1) is 13.2 Å². The highest BCUT2D eigenvalue weighted by Gasteiger charge is 2.02. The number of benzene rings is 1. The Morgan fingerprint density at radius 2 is 0.771 bits per heavy atom. The number of rotatable bonds is 26. The molecule has 204 valence electrons. The lowest BCUT2D eigenvalue weighted by Crippen LogP contribution is -1.99. The van der Waals surface area contributed by atoms with Crippen molar-refractivity contribution in [2.45, 2.75) is 155 Å². The maximum atomic E-state index is 10.1. The van der Waals surface area contributed by atoms with Crippen LogP contribution in [0, 0.1) is 0 Å². The molecule has 1 N–H and O–H groups in total. The molecular formula is C32H58O3. The highest BCUT2D eigenvalue weighted by molar-refractivity contribution is 5.32. The quantitative estimate of drug-likeness (QED) is 0.131. The van der Waals surface area contributed by atoms with E-state index in [1.165, 1.54) is 116 Å². The predicted molar refractivity (Wildman–Crippen MR) is 151 cm³/mol. The number of unbranched alkanes of at least 4 members (excludes halogenated alkanes) is 18. The first-order valence-electron chi connectivity index (χ1n) is 15.2. The Morgan fingerprint density at radius 3 is 1.11 bits per heavy atom. The van der Waals surface area contributed by atoms with Crippen molar-refractivity contribution in [1.29, 1.82) is 0 Å². The third-order valence-electron chi connectivity index (χ3n) is 6.86. The van der Waals surface area contributed by atoms with Crippen LogP contribution in [-0.4, -0.2) is 18.3 Å². The normalized spacial score (nSPS) is 11.4. The van der Waals surface area contributed by atoms with E-state index in [4.69, 9.17) is 9.47 Å². The van der Waals surface area contributed by atoms with E-state index in [0.717, 1.165) is 37.2 Å². The molecule has 3 heteroatoms. The summed E-state index contributed by atoms with van der Waals surface area (Å²) in [5.74, 6) is 0.308. The predicted octanol–water partition coefficient (Wildman–Crippen LogP) is 10.3. The number of phenols is 1. The number of hydrogen-bond acceptors (Lipinski definition) is 3. The molecule has 0 spiro atoms. The number of phenolic OH excluding ortho intramolecular Hbond substituents is 1. The fourth-order valence-corrected chi connectivity index (χ4v) is 4.67. The third-order valence-corrected chi connectivity index (χ3v) is 6.86. The van der Waals surface area contributed by atoms with E-state index in [9.17, 15) is 5.11 Å². The molecule has 0 saturated heterocycles. The molecule has 3 nitrogen and oxygen atoms in total. The van der Waals surface area contributed by atoms with Crippen molar-refractivity contribution < 1.29 is 14.6 Å². The molecule has 0 aromatic heterocycles. The van der Waals surface area contributed by atoms with Crippen molar-refractivity contribution in [2.24, 2.45) is 0 Å². The maximum Gasteiger partial charge on any atom is 0.116 e. The van der Waals surface area contributed by atoms with Gasteiger partial charge in [0.25, 0.3) is 0 Å². The lowest BCUT2D eigenvalue weighted by Gasteiger charge is -2.09. The van der Waals surface area contributed by atoms with Crippen LogP contribution in [0.3, 0.4) is 0 Å². The zero-order valence-electron chi connectivity index (χ0n) is 23.5. The number of ether oxygens (including phenoxy) is 2. The molecule has 0 unspecified atom stereocenters. The molecule has 0 bridgehead atoms. The van der Waals surface area contributed by atoms with Gasteiger partial charge in [-0.15, -0.1) is 0 Å². The summed E-state index contributed by atoms with van der Waals surface area (Å²) in [6, 6.07) is 5.73. The Labute approximate surface area is 218 Å². The molecule has 0 aliphatic rings. The Morgan fingerprint density at radius 1 is 0.457 bits per heavy atom. The van der Waals surface area contributed by atoms with E-state index in [-0.39, 0.29) is 0 Å². The van der Waals surface area contributed by atoms with Gasteiger partial charge >= 0.3 is 0 Å². The van der Waals surface area contributed by atoms with E-state index < -0.39 is 0 Å². The number of hydrogen-bond donors (Lipinski definition) is 1. The van der Waals surface area contributed by atoms with Crippen LogP contribution in [0.2, 0.25) is 0 Å². The highest BCUT2D eigenvalue weighted by Crippen LogP contribution is 2.18. The molecule has 0 heterocycles. The van der Waals surface area contributed by atoms with Crippen LogP contribution >= 0.6 is 0 Å². The summed E-state index contributed by atoms with van der Waals surface area (Å²) >= 11 is 0. The summed E-state index contributed by atoms with van der Waals surface area (Å²) in [6.45, 7) is 7.29. The van der Waals surface area contributed by atoms with Crippen LogP contribution in [0.15, 0.2) is 18.2 Å². The molecule has 1 rings (SSSR count). The smallest absolute Gasteiger partial charge is 0.116 e. The Kier molecular flexibility index (Phi) is 22.5. The summed E-state index contributed by atoms with van der Waals surface area (Å²) in [5, 5.41) is 10.1. The molecule has 0 aliphatic heterocycles. The van der Waals surface area contributed by atoms with Gasteiger partial charge in [-0.25, -0.2) is 0 Å². The van der Waals surface area contributed by atoms with Gasteiger partial charge in [-0.2, -0.15) is 0 Å². The second-order valence-corrected chi connectivity index (χ2v) is 10.5. The first-order chi connectivity index (χ1) is 17.3. The summed E-state index contributed by atoms with van der Waals surface area (Å²) in [5.41, 5.74) is 2.07. The summed E-state index contributed by atoms with van der Waals surface area (Å²) in [7, 11) is 0. The highest BCUT2D eigenvalue weighted by atomic mass is 16.5. The largest absolute Gasteiger partial charge is 0.508 e. The van der Waals surface area contributed by atoms with Crippen molar-refractivity contribution >= 4 is 0 Å². The van der Waals surface area contributed by atoms with Gasteiger partial charge in [0.15, 0.2) is 0 Å². The first kappa shape index (κ1) is 32.0. The van der Waals surface area contributed by atoms with Crippen LogP contribution < -0.4 is 0 Å². The zero-order valence-corrected chi connectivity index (χ0v) is 23.5. The Balaban J connectivity index is 1.99. The average Bonchev–Trinajstić information content (AvgIpc) is 2.85. The SMILES string of the molecule is CCCCCCCCCCCCOCc1cc(O)cc(COCCCCCCCCCCCC)c1. The van der Waals surface area contributed by atoms with E-state index >= 15 is 0 Å². The van der Waals surface area contributed by atoms with Gasteiger partial charge in [-0.05, 0) is 36.1 Å². The Hall–Kier alpha value is -1.06. The zero-order chi connectivity index (χ0) is 25.2. The van der Waals surface area contributed by atoms with Crippen molar-refractivity contribution in [3.8, 4) is 5.75 Å². The first-order valence-corrected chi connectivity index (χ1v) is 15.2. The molecule has 0 atom stereocenters. The van der Waals surface area contributed by atoms with Gasteiger partial charge < -0.3 is 14.6 Å². The van der Waals surface area contributed by atoms with Gasteiger partial charge in [-0.1, -0.05) is 135 Å². The van der Waals surface area contributed by atoms with Gasteiger partial charge in [-0.3, -0.25) is 0 Å². The molecule has 0 fully saturated rings. The summed E-state index contributed by atoms with van der Waals surface area (Å²) < 4.78 is 11.7. The fourth-order valence-electron chi connectivity index (χ4n) is 4.67. The lowest BCUT2D eigenvalue weighted by molar-refractivity contribution is 0.112. The van der Waals surface area contributed by atoms with E-state index in [2.05, 4.69) is 19.9 Å². The monoisotopic (exact) mass is 490 g/mol. The fraction of sp³-hybridized carbons (Fsp3) is 0.812. The van der Waals surface area contributed by atoms with Gasteiger partial charge in [0, 0.05) is 13.2 Å². The van der Waals surface area contributed by atoms with Crippen molar-refractivity contribution in [1.82, 2.24) is 0 Å². The molecule has 35 heavy (non-hydrogen) atoms. The minimum absolute atomic E-state index is 0.308. The van der Waals surface area contributed by atoms with Gasteiger partial charge in [0.2, 0.25) is 0 Å². The maximum absolute atomic E-state index is 10.1. The minimum atomic E-state index is 0.308. The Bertz CT molecular complexity index is 526. The molecular weight excluding hydrogens is 432 g/mol. The molecule has 1 aromatic carbocycles. The van der Waals surface area contributed by atoms with E-state index in [1.54, 1.807) is 0 Å². The lowest BCUT2D eigenvalue weighted by atomic mass is 10.1. The van der Waals surface area contributed by atoms with Crippen molar-refractivity contribution in [3.63, 3.8) is 0 Å². The summed E-state index contributed by atoms with van der Waals surface area (Å²) in [4.78, 5) is 0. The third kappa shape index (κ3) is 20.8. The van der Waals surface area contributed by atoms with Gasteiger partial charge in [0.1, 0.15) is 5.75 Å². The van der Waals surface area contributed by atoms with Crippen LogP contribution in [0.25, 0.3) is 0 Å². The number of aromatic hydroxyl groups is 1. The van der Waals surface area contributed by atoms with Crippen molar-refractivity contribution in [3.05, 3.63) is 29.3 Å². The molecule has 0 aliphatic carbocycles. The average molecular weight is 491 g/mol. The second-order valence-electron chi connectivity index (χ2n) is 10.5. The molecule has 1 aromatic rings. The van der Waals surface area contributed by atoms with Crippen LogP contribution in [0.5, 0.6) is 5.75 Å². The standard InChI is InChI=1S/C32H58O3/c1-3-5-7-9-11-13-15-17-19-21-23-34-28-30-25-31(27-32(33)26-30)29-35-24-22-20-18-16-14-12-10-8-6-4-2/h25-27,33H,3-24,28-29H2,1-2H3. The topological polar surface area (TPSA) is 38.7 Å². The van der Waals surface area contributed by atoms with Crippen LogP contribution in [0.4, 0.5) is 0 Å². The minimum Gasteiger partial charge on any atom is -0.508 e. The molecule has 0 radical (unpaired) electrons. The molecule has 0 amide bonds. The summed E-state index contributed by atoms with van der Waals surface area (Å²) in [6.07, 6.45) is 26.8. The van der Waals surface area contributed by atoms with Crippen LogP contribution in [0.1, 0.15) is 153 Å².